The Kier molecular flexibility index (Phi) is 3.65. The summed E-state index contributed by atoms with van der Waals surface area (Å²) in [6.45, 7) is 9.37. The minimum Gasteiger partial charge on any atom is -0.378 e. The van der Waals surface area contributed by atoms with Crippen molar-refractivity contribution in [3.05, 3.63) is 17.6 Å². The second-order valence-corrected chi connectivity index (χ2v) is 6.07. The summed E-state index contributed by atoms with van der Waals surface area (Å²) in [6.07, 6.45) is 4.14. The molecule has 3 rings (SSSR count). The molecule has 0 bridgehead atoms. The van der Waals surface area contributed by atoms with Crippen molar-refractivity contribution in [3.8, 4) is 0 Å². The Labute approximate surface area is 120 Å². The lowest BCUT2D eigenvalue weighted by Gasteiger charge is -2.47. The fourth-order valence-corrected chi connectivity index (χ4v) is 3.25. The number of rotatable bonds is 1. The summed E-state index contributed by atoms with van der Waals surface area (Å²) in [4.78, 5) is 11.4. The van der Waals surface area contributed by atoms with Crippen LogP contribution >= 0.6 is 0 Å². The van der Waals surface area contributed by atoms with E-state index in [-0.39, 0.29) is 11.7 Å². The highest BCUT2D eigenvalue weighted by Gasteiger charge is 2.41. The summed E-state index contributed by atoms with van der Waals surface area (Å²) in [5.41, 5.74) is 1.77. The molecule has 1 spiro atoms. The first-order chi connectivity index (χ1) is 9.58. The van der Waals surface area contributed by atoms with Crippen LogP contribution in [0, 0.1) is 13.8 Å². The lowest BCUT2D eigenvalue weighted by Crippen LogP contribution is -2.59. The SMILES string of the molecule is Cc1cnc(C)c(N2CC(C)OC3(CCCOC3)C2)n1. The van der Waals surface area contributed by atoms with Gasteiger partial charge in [-0.1, -0.05) is 0 Å². The Hall–Kier alpha value is -1.20. The largest absolute Gasteiger partial charge is 0.378 e. The van der Waals surface area contributed by atoms with Gasteiger partial charge >= 0.3 is 0 Å². The Morgan fingerprint density at radius 3 is 3.00 bits per heavy atom. The van der Waals surface area contributed by atoms with Crippen LogP contribution in [0.3, 0.4) is 0 Å². The van der Waals surface area contributed by atoms with Gasteiger partial charge in [0.15, 0.2) is 5.82 Å². The van der Waals surface area contributed by atoms with Gasteiger partial charge in [0, 0.05) is 19.3 Å². The predicted octanol–water partition coefficient (Wildman–Crippen LogP) is 1.87. The maximum atomic E-state index is 6.22. The summed E-state index contributed by atoms with van der Waals surface area (Å²) in [7, 11) is 0. The standard InChI is InChI=1S/C15H23N3O2/c1-11-7-16-13(3)14(17-11)18-8-12(2)20-15(9-18)5-4-6-19-10-15/h7,12H,4-6,8-10H2,1-3H3. The molecule has 20 heavy (non-hydrogen) atoms. The van der Waals surface area contributed by atoms with Gasteiger partial charge in [-0.2, -0.15) is 0 Å². The Balaban J connectivity index is 1.87. The van der Waals surface area contributed by atoms with E-state index >= 15 is 0 Å². The number of nitrogens with zero attached hydrogens (tertiary/aromatic N) is 3. The van der Waals surface area contributed by atoms with E-state index in [1.807, 2.05) is 20.0 Å². The van der Waals surface area contributed by atoms with Gasteiger partial charge in [-0.05, 0) is 33.6 Å². The van der Waals surface area contributed by atoms with E-state index in [2.05, 4.69) is 21.8 Å². The molecule has 3 heterocycles. The average Bonchev–Trinajstić information content (AvgIpc) is 2.41. The van der Waals surface area contributed by atoms with Crippen LogP contribution in [-0.4, -0.2) is 48.0 Å². The molecule has 1 aromatic rings. The van der Waals surface area contributed by atoms with Gasteiger partial charge in [0.1, 0.15) is 5.60 Å². The van der Waals surface area contributed by atoms with Crippen LogP contribution in [0.15, 0.2) is 6.20 Å². The van der Waals surface area contributed by atoms with Crippen molar-refractivity contribution >= 4 is 5.82 Å². The minimum atomic E-state index is -0.173. The Morgan fingerprint density at radius 1 is 1.40 bits per heavy atom. The second kappa shape index (κ2) is 5.30. The maximum Gasteiger partial charge on any atom is 0.150 e. The zero-order valence-corrected chi connectivity index (χ0v) is 12.6. The van der Waals surface area contributed by atoms with Crippen LogP contribution in [-0.2, 0) is 9.47 Å². The lowest BCUT2D eigenvalue weighted by molar-refractivity contribution is -0.160. The molecule has 110 valence electrons. The van der Waals surface area contributed by atoms with Gasteiger partial charge in [-0.3, -0.25) is 4.98 Å². The highest BCUT2D eigenvalue weighted by molar-refractivity contribution is 5.44. The van der Waals surface area contributed by atoms with Gasteiger partial charge in [0.2, 0.25) is 0 Å². The van der Waals surface area contributed by atoms with Crippen LogP contribution < -0.4 is 4.90 Å². The summed E-state index contributed by atoms with van der Waals surface area (Å²) in [6, 6.07) is 0. The van der Waals surface area contributed by atoms with Crippen molar-refractivity contribution in [3.63, 3.8) is 0 Å². The van der Waals surface area contributed by atoms with Crippen LogP contribution in [0.4, 0.5) is 5.82 Å². The molecule has 0 amide bonds. The van der Waals surface area contributed by atoms with E-state index in [9.17, 15) is 0 Å². The molecule has 2 aliphatic heterocycles. The van der Waals surface area contributed by atoms with E-state index in [4.69, 9.17) is 9.47 Å². The average molecular weight is 277 g/mol. The number of hydrogen-bond donors (Lipinski definition) is 0. The third-order valence-corrected chi connectivity index (χ3v) is 4.04. The third kappa shape index (κ3) is 2.65. The highest BCUT2D eigenvalue weighted by atomic mass is 16.6. The zero-order valence-electron chi connectivity index (χ0n) is 12.6. The van der Waals surface area contributed by atoms with Crippen molar-refractivity contribution in [2.24, 2.45) is 0 Å². The first-order valence-corrected chi connectivity index (χ1v) is 7.39. The summed E-state index contributed by atoms with van der Waals surface area (Å²) in [5.74, 6) is 0.991. The first-order valence-electron chi connectivity index (χ1n) is 7.39. The molecule has 0 saturated carbocycles. The molecule has 0 aliphatic carbocycles. The summed E-state index contributed by atoms with van der Waals surface area (Å²) < 4.78 is 11.9. The molecule has 1 aromatic heterocycles. The molecule has 2 unspecified atom stereocenters. The van der Waals surface area contributed by atoms with Crippen LogP contribution in [0.5, 0.6) is 0 Å². The quantitative estimate of drug-likeness (QED) is 0.784. The van der Waals surface area contributed by atoms with Crippen molar-refractivity contribution in [1.29, 1.82) is 0 Å². The van der Waals surface area contributed by atoms with Crippen LogP contribution in [0.1, 0.15) is 31.2 Å². The van der Waals surface area contributed by atoms with Gasteiger partial charge in [0.05, 0.1) is 30.6 Å². The van der Waals surface area contributed by atoms with Crippen molar-refractivity contribution in [1.82, 2.24) is 9.97 Å². The summed E-state index contributed by atoms with van der Waals surface area (Å²) in [5, 5.41) is 0. The van der Waals surface area contributed by atoms with E-state index < -0.39 is 0 Å². The van der Waals surface area contributed by atoms with Gasteiger partial charge in [0.25, 0.3) is 0 Å². The summed E-state index contributed by atoms with van der Waals surface area (Å²) >= 11 is 0. The number of anilines is 1. The molecule has 2 saturated heterocycles. The lowest BCUT2D eigenvalue weighted by atomic mass is 9.93. The van der Waals surface area contributed by atoms with Crippen molar-refractivity contribution < 1.29 is 9.47 Å². The fraction of sp³-hybridized carbons (Fsp3) is 0.733. The maximum absolute atomic E-state index is 6.22. The minimum absolute atomic E-state index is 0.173. The Bertz CT molecular complexity index is 486. The molecular formula is C15H23N3O2. The monoisotopic (exact) mass is 277 g/mol. The second-order valence-electron chi connectivity index (χ2n) is 6.07. The number of aromatic nitrogens is 2. The molecular weight excluding hydrogens is 254 g/mol. The Morgan fingerprint density at radius 2 is 2.25 bits per heavy atom. The van der Waals surface area contributed by atoms with E-state index in [1.54, 1.807) is 0 Å². The number of hydrogen-bond acceptors (Lipinski definition) is 5. The number of morpholine rings is 1. The predicted molar refractivity (Wildman–Crippen MR) is 77.1 cm³/mol. The molecule has 2 fully saturated rings. The smallest absolute Gasteiger partial charge is 0.150 e. The molecule has 0 N–H and O–H groups in total. The number of aryl methyl sites for hydroxylation is 2. The number of ether oxygens (including phenoxy) is 2. The van der Waals surface area contributed by atoms with Gasteiger partial charge in [-0.15, -0.1) is 0 Å². The van der Waals surface area contributed by atoms with Gasteiger partial charge in [-0.25, -0.2) is 4.98 Å². The van der Waals surface area contributed by atoms with E-state index in [0.29, 0.717) is 6.61 Å². The van der Waals surface area contributed by atoms with E-state index in [0.717, 1.165) is 49.7 Å². The molecule has 5 nitrogen and oxygen atoms in total. The fourth-order valence-electron chi connectivity index (χ4n) is 3.25. The van der Waals surface area contributed by atoms with Crippen LogP contribution in [0.25, 0.3) is 0 Å². The van der Waals surface area contributed by atoms with Gasteiger partial charge < -0.3 is 14.4 Å². The first kappa shape index (κ1) is 13.8. The molecule has 2 aliphatic rings. The third-order valence-electron chi connectivity index (χ3n) is 4.04. The van der Waals surface area contributed by atoms with Crippen molar-refractivity contribution in [2.75, 3.05) is 31.2 Å². The normalized spacial score (nSPS) is 30.8. The highest BCUT2D eigenvalue weighted by Crippen LogP contribution is 2.32. The van der Waals surface area contributed by atoms with Crippen molar-refractivity contribution in [2.45, 2.75) is 45.3 Å². The zero-order chi connectivity index (χ0) is 14.2. The topological polar surface area (TPSA) is 47.5 Å². The molecule has 5 heteroatoms. The molecule has 0 radical (unpaired) electrons. The molecule has 0 aromatic carbocycles. The van der Waals surface area contributed by atoms with Crippen LogP contribution in [0.2, 0.25) is 0 Å². The van der Waals surface area contributed by atoms with E-state index in [1.165, 1.54) is 0 Å². The molecule has 2 atom stereocenters.